The number of amides is 2. The van der Waals surface area contributed by atoms with Gasteiger partial charge in [-0.25, -0.2) is 15.0 Å². The number of hydrogen-bond donors (Lipinski definition) is 2. The molecule has 3 N–H and O–H groups in total. The standard InChI is InChI=1S/C25H22ClF3N6O2/c1-24(2,22(30)37)33-21(36)17-12-31-23(25(27,28)29)32-20(17)35-13-18(14-6-4-3-5-7-14)19(34-35)15-8-10-16(26)11-9-15/h3-12,18H,13H2,1-2H3,(H2,30,37)(H,33,36)/t18-/m1/s1. The van der Waals surface area contributed by atoms with Crippen molar-refractivity contribution in [2.24, 2.45) is 10.8 Å². The summed E-state index contributed by atoms with van der Waals surface area (Å²) in [5.41, 5.74) is 5.68. The van der Waals surface area contributed by atoms with Crippen molar-refractivity contribution < 1.29 is 22.8 Å². The first-order valence-electron chi connectivity index (χ1n) is 11.1. The highest BCUT2D eigenvalue weighted by molar-refractivity contribution is 6.30. The van der Waals surface area contributed by atoms with Crippen molar-refractivity contribution in [2.75, 3.05) is 11.6 Å². The van der Waals surface area contributed by atoms with Gasteiger partial charge in [0.05, 0.1) is 12.3 Å². The Hall–Kier alpha value is -3.99. The third-order valence-electron chi connectivity index (χ3n) is 5.81. The summed E-state index contributed by atoms with van der Waals surface area (Å²) < 4.78 is 40.6. The molecule has 0 unspecified atom stereocenters. The van der Waals surface area contributed by atoms with Crippen LogP contribution in [0.1, 0.15) is 47.1 Å². The number of nitrogens with zero attached hydrogens (tertiary/aromatic N) is 4. The molecule has 8 nitrogen and oxygen atoms in total. The van der Waals surface area contributed by atoms with E-state index >= 15 is 0 Å². The van der Waals surface area contributed by atoms with Crippen LogP contribution >= 0.6 is 11.6 Å². The van der Waals surface area contributed by atoms with Gasteiger partial charge in [0.15, 0.2) is 5.82 Å². The molecule has 1 atom stereocenters. The van der Waals surface area contributed by atoms with Crippen LogP contribution in [0.15, 0.2) is 65.9 Å². The van der Waals surface area contributed by atoms with Crippen LogP contribution in [0.5, 0.6) is 0 Å². The maximum Gasteiger partial charge on any atom is 0.451 e. The van der Waals surface area contributed by atoms with Crippen LogP contribution in [0.2, 0.25) is 5.02 Å². The van der Waals surface area contributed by atoms with Crippen LogP contribution in [0.4, 0.5) is 19.0 Å². The summed E-state index contributed by atoms with van der Waals surface area (Å²) in [5.74, 6) is -3.85. The molecule has 1 aliphatic heterocycles. The third kappa shape index (κ3) is 5.56. The van der Waals surface area contributed by atoms with Gasteiger partial charge < -0.3 is 11.1 Å². The number of carbonyl (C=O) groups excluding carboxylic acids is 2. The van der Waals surface area contributed by atoms with E-state index in [2.05, 4.69) is 20.4 Å². The molecule has 12 heteroatoms. The molecule has 0 bridgehead atoms. The van der Waals surface area contributed by atoms with E-state index in [1.165, 1.54) is 18.9 Å². The summed E-state index contributed by atoms with van der Waals surface area (Å²) >= 11 is 6.04. The van der Waals surface area contributed by atoms with Gasteiger partial charge in [0.1, 0.15) is 11.1 Å². The number of rotatable bonds is 6. The highest BCUT2D eigenvalue weighted by Crippen LogP contribution is 2.35. The Morgan fingerprint density at radius 2 is 1.73 bits per heavy atom. The number of nitrogens with two attached hydrogens (primary N) is 1. The van der Waals surface area contributed by atoms with Crippen LogP contribution in [0, 0.1) is 0 Å². The summed E-state index contributed by atoms with van der Waals surface area (Å²) in [5, 5.41) is 8.77. The molecule has 192 valence electrons. The van der Waals surface area contributed by atoms with Gasteiger partial charge in [-0.2, -0.15) is 18.3 Å². The Morgan fingerprint density at radius 1 is 1.08 bits per heavy atom. The first kappa shape index (κ1) is 26.1. The van der Waals surface area contributed by atoms with Crippen molar-refractivity contribution in [1.82, 2.24) is 15.3 Å². The minimum absolute atomic E-state index is 0.0930. The average Bonchev–Trinajstić information content (AvgIpc) is 3.29. The summed E-state index contributed by atoms with van der Waals surface area (Å²) in [6.45, 7) is 2.83. The van der Waals surface area contributed by atoms with Gasteiger partial charge in [-0.1, -0.05) is 54.1 Å². The molecular formula is C25H22ClF3N6O2. The Morgan fingerprint density at radius 3 is 2.32 bits per heavy atom. The van der Waals surface area contributed by atoms with Crippen LogP contribution in [-0.4, -0.2) is 39.6 Å². The topological polar surface area (TPSA) is 114 Å². The highest BCUT2D eigenvalue weighted by atomic mass is 35.5. The van der Waals surface area contributed by atoms with Crippen molar-refractivity contribution in [3.8, 4) is 0 Å². The zero-order valence-corrected chi connectivity index (χ0v) is 20.5. The third-order valence-corrected chi connectivity index (χ3v) is 6.06. The molecule has 0 spiro atoms. The van der Waals surface area contributed by atoms with Gasteiger partial charge in [0.25, 0.3) is 5.91 Å². The molecule has 4 rings (SSSR count). The Balaban J connectivity index is 1.83. The van der Waals surface area contributed by atoms with E-state index in [-0.39, 0.29) is 23.8 Å². The molecule has 0 radical (unpaired) electrons. The molecule has 1 aliphatic rings. The Labute approximate surface area is 215 Å². The number of hydrazone groups is 1. The summed E-state index contributed by atoms with van der Waals surface area (Å²) in [6, 6.07) is 16.2. The molecule has 0 saturated heterocycles. The smallest absolute Gasteiger partial charge is 0.368 e. The van der Waals surface area contributed by atoms with E-state index in [9.17, 15) is 22.8 Å². The van der Waals surface area contributed by atoms with Crippen molar-refractivity contribution >= 4 is 34.9 Å². The minimum atomic E-state index is -4.86. The Kier molecular flexibility index (Phi) is 6.92. The highest BCUT2D eigenvalue weighted by Gasteiger charge is 2.39. The minimum Gasteiger partial charge on any atom is -0.368 e. The van der Waals surface area contributed by atoms with E-state index in [1.54, 1.807) is 24.3 Å². The van der Waals surface area contributed by atoms with E-state index in [4.69, 9.17) is 17.3 Å². The van der Waals surface area contributed by atoms with Gasteiger partial charge >= 0.3 is 6.18 Å². The fourth-order valence-corrected chi connectivity index (χ4v) is 3.87. The first-order valence-corrected chi connectivity index (χ1v) is 11.5. The van der Waals surface area contributed by atoms with Crippen molar-refractivity contribution in [1.29, 1.82) is 0 Å². The molecular weight excluding hydrogens is 509 g/mol. The molecule has 0 aliphatic carbocycles. The molecule has 2 aromatic carbocycles. The fraction of sp³-hybridized carbons (Fsp3) is 0.240. The number of aromatic nitrogens is 2. The Bertz CT molecular complexity index is 1360. The zero-order chi connectivity index (χ0) is 27.0. The lowest BCUT2D eigenvalue weighted by molar-refractivity contribution is -0.144. The molecule has 0 saturated carbocycles. The lowest BCUT2D eigenvalue weighted by atomic mass is 9.90. The van der Waals surface area contributed by atoms with E-state index in [1.807, 2.05) is 30.3 Å². The molecule has 2 heterocycles. The number of primary amides is 1. The van der Waals surface area contributed by atoms with E-state index < -0.39 is 29.4 Å². The fourth-order valence-electron chi connectivity index (χ4n) is 3.74. The monoisotopic (exact) mass is 530 g/mol. The SMILES string of the molecule is CC(C)(NC(=O)c1cnc(C(F)(F)F)nc1N1C[C@H](c2ccccc2)C(c2ccc(Cl)cc2)=N1)C(N)=O. The average molecular weight is 531 g/mol. The molecule has 2 amide bonds. The van der Waals surface area contributed by atoms with Gasteiger partial charge in [-0.3, -0.25) is 9.59 Å². The molecule has 37 heavy (non-hydrogen) atoms. The van der Waals surface area contributed by atoms with E-state index in [0.29, 0.717) is 16.3 Å². The number of hydrogen-bond acceptors (Lipinski definition) is 6. The predicted molar refractivity (Wildman–Crippen MR) is 132 cm³/mol. The zero-order valence-electron chi connectivity index (χ0n) is 19.8. The molecule has 3 aromatic rings. The van der Waals surface area contributed by atoms with Crippen molar-refractivity contribution in [3.63, 3.8) is 0 Å². The molecule has 1 aromatic heterocycles. The second-order valence-electron chi connectivity index (χ2n) is 8.91. The van der Waals surface area contributed by atoms with Crippen LogP contribution in [0.25, 0.3) is 0 Å². The summed E-state index contributed by atoms with van der Waals surface area (Å²) in [4.78, 5) is 31.8. The second-order valence-corrected chi connectivity index (χ2v) is 9.35. The number of anilines is 1. The number of carbonyl (C=O) groups is 2. The summed E-state index contributed by atoms with van der Waals surface area (Å²) in [7, 11) is 0. The van der Waals surface area contributed by atoms with Crippen LogP contribution in [0.3, 0.4) is 0 Å². The molecule has 0 fully saturated rings. The second kappa shape index (κ2) is 9.81. The van der Waals surface area contributed by atoms with Gasteiger partial charge in [0, 0.05) is 17.1 Å². The summed E-state index contributed by atoms with van der Waals surface area (Å²) in [6.07, 6.45) is -4.09. The van der Waals surface area contributed by atoms with Gasteiger partial charge in [-0.05, 0) is 37.1 Å². The van der Waals surface area contributed by atoms with Gasteiger partial charge in [-0.15, -0.1) is 0 Å². The first-order chi connectivity index (χ1) is 17.4. The number of halogens is 4. The maximum absolute atomic E-state index is 13.5. The quantitative estimate of drug-likeness (QED) is 0.497. The normalized spacial score (nSPS) is 15.9. The maximum atomic E-state index is 13.5. The lowest BCUT2D eigenvalue weighted by Crippen LogP contribution is -2.53. The van der Waals surface area contributed by atoms with Crippen LogP contribution < -0.4 is 16.1 Å². The predicted octanol–water partition coefficient (Wildman–Crippen LogP) is 4.15. The van der Waals surface area contributed by atoms with Crippen molar-refractivity contribution in [2.45, 2.75) is 31.5 Å². The van der Waals surface area contributed by atoms with Gasteiger partial charge in [0.2, 0.25) is 11.7 Å². The van der Waals surface area contributed by atoms with E-state index in [0.717, 1.165) is 11.8 Å². The number of nitrogens with one attached hydrogen (secondary N) is 1. The van der Waals surface area contributed by atoms with Crippen molar-refractivity contribution in [3.05, 3.63) is 88.3 Å². The number of alkyl halides is 3. The lowest BCUT2D eigenvalue weighted by Gasteiger charge is -2.24. The van der Waals surface area contributed by atoms with Crippen LogP contribution in [-0.2, 0) is 11.0 Å². The largest absolute Gasteiger partial charge is 0.451 e. The number of benzene rings is 2.